The van der Waals surface area contributed by atoms with E-state index in [0.717, 1.165) is 25.8 Å². The molecular weight excluding hydrogens is 462 g/mol. The molecule has 0 aliphatic carbocycles. The molecule has 0 aromatic rings. The van der Waals surface area contributed by atoms with Crippen LogP contribution in [0.5, 0.6) is 0 Å². The maximum Gasteiger partial charge on any atom is 0.410 e. The molecule has 1 unspecified atom stereocenters. The first kappa shape index (κ1) is 32.0. The topological polar surface area (TPSA) is 97.4 Å². The van der Waals surface area contributed by atoms with E-state index in [2.05, 4.69) is 5.32 Å². The van der Waals surface area contributed by atoms with Gasteiger partial charge in [-0.3, -0.25) is 4.79 Å². The highest BCUT2D eigenvalue weighted by molar-refractivity contribution is 5.73. The lowest BCUT2D eigenvalue weighted by atomic mass is 9.96. The number of carbonyl (C=O) groups excluding carboxylic acids is 3. The zero-order valence-electron chi connectivity index (χ0n) is 24.2. The van der Waals surface area contributed by atoms with Crippen molar-refractivity contribution in [3.05, 3.63) is 0 Å². The number of amides is 2. The van der Waals surface area contributed by atoms with Gasteiger partial charge in [-0.15, -0.1) is 0 Å². The fourth-order valence-electron chi connectivity index (χ4n) is 3.76. The van der Waals surface area contributed by atoms with Crippen LogP contribution in [0, 0.1) is 5.92 Å². The van der Waals surface area contributed by atoms with Crippen molar-refractivity contribution >= 4 is 18.2 Å². The van der Waals surface area contributed by atoms with Crippen LogP contribution in [0.4, 0.5) is 9.59 Å². The average molecular weight is 514 g/mol. The lowest BCUT2D eigenvalue weighted by Crippen LogP contribution is -2.46. The van der Waals surface area contributed by atoms with Crippen molar-refractivity contribution in [3.63, 3.8) is 0 Å². The summed E-state index contributed by atoms with van der Waals surface area (Å²) in [6.07, 6.45) is 2.99. The van der Waals surface area contributed by atoms with Crippen LogP contribution in [0.15, 0.2) is 0 Å². The number of esters is 1. The van der Waals surface area contributed by atoms with E-state index < -0.39 is 29.0 Å². The van der Waals surface area contributed by atoms with E-state index in [9.17, 15) is 14.4 Å². The first-order valence-corrected chi connectivity index (χ1v) is 13.4. The van der Waals surface area contributed by atoms with Gasteiger partial charge >= 0.3 is 18.2 Å². The molecule has 9 nitrogen and oxygen atoms in total. The quantitative estimate of drug-likeness (QED) is 0.390. The van der Waals surface area contributed by atoms with E-state index in [-0.39, 0.29) is 11.9 Å². The second-order valence-corrected chi connectivity index (χ2v) is 12.6. The normalized spacial score (nSPS) is 20.1. The molecule has 0 spiro atoms. The third-order valence-electron chi connectivity index (χ3n) is 5.38. The Balaban J connectivity index is 3.03. The Morgan fingerprint density at radius 3 is 1.58 bits per heavy atom. The molecule has 0 radical (unpaired) electrons. The predicted molar refractivity (Wildman–Crippen MR) is 141 cm³/mol. The van der Waals surface area contributed by atoms with Gasteiger partial charge in [0.1, 0.15) is 16.8 Å². The first-order chi connectivity index (χ1) is 16.5. The van der Waals surface area contributed by atoms with Crippen molar-refractivity contribution < 1.29 is 28.6 Å². The smallest absolute Gasteiger partial charge is 0.410 e. The molecule has 1 aliphatic heterocycles. The van der Waals surface area contributed by atoms with Gasteiger partial charge in [0, 0.05) is 32.7 Å². The van der Waals surface area contributed by atoms with E-state index >= 15 is 0 Å². The minimum atomic E-state index is -0.637. The summed E-state index contributed by atoms with van der Waals surface area (Å²) in [7, 11) is 0. The summed E-state index contributed by atoms with van der Waals surface area (Å²) >= 11 is 0. The second-order valence-electron chi connectivity index (χ2n) is 12.6. The minimum absolute atomic E-state index is 0.181. The molecule has 9 heteroatoms. The summed E-state index contributed by atoms with van der Waals surface area (Å²) in [5, 5.41) is 3.38. The minimum Gasteiger partial charge on any atom is -0.460 e. The van der Waals surface area contributed by atoms with Gasteiger partial charge < -0.3 is 29.3 Å². The Labute approximate surface area is 218 Å². The summed E-state index contributed by atoms with van der Waals surface area (Å²) in [5.74, 6) is -0.396. The van der Waals surface area contributed by atoms with Gasteiger partial charge in [-0.1, -0.05) is 6.42 Å². The third kappa shape index (κ3) is 14.5. The highest BCUT2D eigenvalue weighted by Gasteiger charge is 2.28. The van der Waals surface area contributed by atoms with E-state index in [1.165, 1.54) is 0 Å². The van der Waals surface area contributed by atoms with Gasteiger partial charge in [0.15, 0.2) is 0 Å². The molecule has 36 heavy (non-hydrogen) atoms. The van der Waals surface area contributed by atoms with E-state index in [1.54, 1.807) is 9.80 Å². The van der Waals surface area contributed by atoms with Crippen molar-refractivity contribution in [1.29, 1.82) is 0 Å². The van der Waals surface area contributed by atoms with Crippen molar-refractivity contribution in [2.24, 2.45) is 5.92 Å². The molecule has 0 bridgehead atoms. The molecule has 1 heterocycles. The maximum atomic E-state index is 13.0. The number of hydrogen-bond acceptors (Lipinski definition) is 7. The fraction of sp³-hybridized carbons (Fsp3) is 0.889. The summed E-state index contributed by atoms with van der Waals surface area (Å²) in [4.78, 5) is 41.9. The molecule has 1 saturated heterocycles. The Kier molecular flexibility index (Phi) is 12.5. The Morgan fingerprint density at radius 2 is 1.08 bits per heavy atom. The summed E-state index contributed by atoms with van der Waals surface area (Å²) in [5.41, 5.74) is -1.78. The number of rotatable bonds is 1. The number of carbonyl (C=O) groups is 3. The molecule has 1 atom stereocenters. The van der Waals surface area contributed by atoms with Crippen molar-refractivity contribution in [3.8, 4) is 0 Å². The average Bonchev–Trinajstić information content (AvgIpc) is 2.68. The van der Waals surface area contributed by atoms with Crippen LogP contribution in [0.3, 0.4) is 0 Å². The second kappa shape index (κ2) is 14.1. The summed E-state index contributed by atoms with van der Waals surface area (Å²) in [6, 6.07) is 0. The molecule has 1 aliphatic rings. The van der Waals surface area contributed by atoms with Gasteiger partial charge in [-0.2, -0.15) is 0 Å². The molecule has 1 rings (SSSR count). The van der Waals surface area contributed by atoms with Gasteiger partial charge in [0.25, 0.3) is 0 Å². The molecule has 1 N–H and O–H groups in total. The van der Waals surface area contributed by atoms with Crippen LogP contribution in [0.25, 0.3) is 0 Å². The van der Waals surface area contributed by atoms with E-state index in [4.69, 9.17) is 14.2 Å². The van der Waals surface area contributed by atoms with Crippen LogP contribution in [0.1, 0.15) is 94.4 Å². The SMILES string of the molecule is CC(C)(C)OC(=O)C1CCCCNCCN(C(=O)OC(C)(C)C)CCN(C(=O)OC(C)(C)C)CCC1. The van der Waals surface area contributed by atoms with Crippen LogP contribution in [0.2, 0.25) is 0 Å². The van der Waals surface area contributed by atoms with Crippen LogP contribution < -0.4 is 5.32 Å². The highest BCUT2D eigenvalue weighted by atomic mass is 16.6. The summed E-state index contributed by atoms with van der Waals surface area (Å²) < 4.78 is 16.9. The Hall–Kier alpha value is -2.03. The monoisotopic (exact) mass is 513 g/mol. The van der Waals surface area contributed by atoms with Gasteiger partial charge in [-0.05, 0) is 94.5 Å². The van der Waals surface area contributed by atoms with Crippen molar-refractivity contribution in [2.75, 3.05) is 39.3 Å². The molecule has 0 saturated carbocycles. The van der Waals surface area contributed by atoms with Gasteiger partial charge in [0.05, 0.1) is 5.92 Å². The van der Waals surface area contributed by atoms with Gasteiger partial charge in [0.2, 0.25) is 0 Å². The first-order valence-electron chi connectivity index (χ1n) is 13.4. The molecular formula is C27H51N3O6. The fourth-order valence-corrected chi connectivity index (χ4v) is 3.76. The zero-order valence-corrected chi connectivity index (χ0v) is 24.2. The Bertz CT molecular complexity index is 706. The predicted octanol–water partition coefficient (Wildman–Crippen LogP) is 4.97. The van der Waals surface area contributed by atoms with Crippen LogP contribution >= 0.6 is 0 Å². The standard InChI is InChI=1S/C27H51N3O6/c1-25(2,3)34-22(31)21-13-10-11-15-28-16-18-30(24(33)36-27(7,8)9)20-19-29(17-12-14-21)23(32)35-26(4,5)6/h21,28H,10-20H2,1-9H3. The van der Waals surface area contributed by atoms with Crippen LogP contribution in [-0.2, 0) is 19.0 Å². The molecule has 2 amide bonds. The lowest BCUT2D eigenvalue weighted by Gasteiger charge is -2.31. The number of hydrogen-bond donors (Lipinski definition) is 1. The Morgan fingerprint density at radius 1 is 0.611 bits per heavy atom. The lowest BCUT2D eigenvalue weighted by molar-refractivity contribution is -0.160. The van der Waals surface area contributed by atoms with Gasteiger partial charge in [-0.25, -0.2) is 9.59 Å². The number of nitrogens with one attached hydrogen (secondary N) is 1. The van der Waals surface area contributed by atoms with Crippen molar-refractivity contribution in [1.82, 2.24) is 15.1 Å². The zero-order chi connectivity index (χ0) is 27.6. The van der Waals surface area contributed by atoms with E-state index in [1.807, 2.05) is 62.3 Å². The molecule has 0 aromatic carbocycles. The van der Waals surface area contributed by atoms with Crippen LogP contribution in [-0.4, -0.2) is 84.0 Å². The largest absolute Gasteiger partial charge is 0.460 e. The molecule has 0 aromatic heterocycles. The van der Waals surface area contributed by atoms with E-state index in [0.29, 0.717) is 45.6 Å². The molecule has 210 valence electrons. The third-order valence-corrected chi connectivity index (χ3v) is 5.38. The molecule has 1 fully saturated rings. The highest BCUT2D eigenvalue weighted by Crippen LogP contribution is 2.21. The number of ether oxygens (including phenoxy) is 3. The number of nitrogens with zero attached hydrogens (tertiary/aromatic N) is 2. The summed E-state index contributed by atoms with van der Waals surface area (Å²) in [6.45, 7) is 19.6. The van der Waals surface area contributed by atoms with Crippen molar-refractivity contribution in [2.45, 2.75) is 111 Å². The maximum absolute atomic E-state index is 13.0.